The number of ketones is 1. The molecule has 0 amide bonds. The van der Waals surface area contributed by atoms with Crippen molar-refractivity contribution in [3.63, 3.8) is 0 Å². The molecule has 9 rings (SSSR count). The smallest absolute Gasteiger partial charge is 0.245 e. The predicted octanol–water partition coefficient (Wildman–Crippen LogP) is 4.94. The molecule has 5 aromatic rings. The average molecular weight is 814 g/mol. The molecule has 0 bridgehead atoms. The van der Waals surface area contributed by atoms with Gasteiger partial charge in [0, 0.05) is 59.3 Å². The van der Waals surface area contributed by atoms with Gasteiger partial charge in [-0.25, -0.2) is 22.7 Å². The molecule has 3 aromatic carbocycles. The molecule has 3 N–H and O–H groups in total. The number of carboxylic acids is 1. The third-order valence-electron chi connectivity index (χ3n) is 10.4. The zero-order valence-electron chi connectivity index (χ0n) is 42.6. The molecular formula is C43H38F3N7O4Si. The number of carboxylic acid groups (broad SMARTS) is 1. The quantitative estimate of drug-likeness (QED) is 0.0865. The van der Waals surface area contributed by atoms with Crippen LogP contribution in [0.5, 0.6) is 5.88 Å². The van der Waals surface area contributed by atoms with E-state index in [4.69, 9.17) is 26.9 Å². The Balaban J connectivity index is 1.14. The molecule has 0 spiro atoms. The number of fused-ring (bicyclic) bond motifs is 3. The van der Waals surface area contributed by atoms with Gasteiger partial charge in [-0.3, -0.25) is 4.79 Å². The van der Waals surface area contributed by atoms with Crippen molar-refractivity contribution in [2.45, 2.75) is 45.3 Å². The second kappa shape index (κ2) is 14.2. The summed E-state index contributed by atoms with van der Waals surface area (Å²) in [6.07, 6.45) is -1.74. The normalized spacial score (nSPS) is 25.1. The van der Waals surface area contributed by atoms with E-state index in [2.05, 4.69) is 19.9 Å². The lowest BCUT2D eigenvalue weighted by atomic mass is 9.84. The van der Waals surface area contributed by atoms with Crippen molar-refractivity contribution in [1.29, 1.82) is 0 Å². The molecule has 1 aliphatic carbocycles. The molecule has 0 atom stereocenters. The van der Waals surface area contributed by atoms with Crippen LogP contribution >= 0.6 is 0 Å². The SMILES string of the molecule is [2H]C1([2H])N(c2ccc3c(c2)[Si](C)(C)C2=CC(=[N+]4C([2H])([2H])C([2H])([2H])C4([2H])[2H])C=CC2=C3c2c(F)c(C(=O)CCc3ccc(COc4nc(N)nc5nc[nH]c45)cc3)c(F)c(F)c2C(=O)[O-])C([2H])([2H])C1([2H])[2H]. The first-order chi connectivity index (χ1) is 32.4. The summed E-state index contributed by atoms with van der Waals surface area (Å²) in [6, 6.07) is 10.2. The maximum atomic E-state index is 17.5. The first-order valence-electron chi connectivity index (χ1n) is 23.8. The minimum absolute atomic E-state index is 0.0139. The number of ether oxygens (including phenoxy) is 1. The summed E-state index contributed by atoms with van der Waals surface area (Å²) in [5, 5.41) is 13.2. The van der Waals surface area contributed by atoms with E-state index in [1.165, 1.54) is 30.6 Å². The van der Waals surface area contributed by atoms with Crippen LogP contribution in [0.1, 0.15) is 78.6 Å². The number of anilines is 2. The Morgan fingerprint density at radius 3 is 2.50 bits per heavy atom. The van der Waals surface area contributed by atoms with Crippen LogP contribution in [-0.2, 0) is 13.0 Å². The van der Waals surface area contributed by atoms with E-state index in [1.807, 2.05) is 0 Å². The molecule has 294 valence electrons. The number of nitrogens with one attached hydrogen (secondary N) is 1. The predicted molar refractivity (Wildman–Crippen MR) is 213 cm³/mol. The third kappa shape index (κ3) is 6.20. The van der Waals surface area contributed by atoms with Crippen LogP contribution in [0, 0.1) is 17.5 Å². The largest absolute Gasteiger partial charge is 0.545 e. The van der Waals surface area contributed by atoms with Crippen molar-refractivity contribution >= 4 is 59.1 Å². The second-order valence-corrected chi connectivity index (χ2v) is 18.5. The van der Waals surface area contributed by atoms with Gasteiger partial charge in [0.05, 0.1) is 24.2 Å². The number of hydrogen-bond donors (Lipinski definition) is 2. The number of nitrogens with two attached hydrogens (primary N) is 1. The molecule has 11 nitrogen and oxygen atoms in total. The summed E-state index contributed by atoms with van der Waals surface area (Å²) in [7, 11) is -3.50. The maximum Gasteiger partial charge on any atom is 0.245 e. The topological polar surface area (TPSA) is 153 Å². The van der Waals surface area contributed by atoms with E-state index < -0.39 is 105 Å². The first-order valence-corrected chi connectivity index (χ1v) is 20.8. The lowest BCUT2D eigenvalue weighted by Crippen LogP contribution is -2.50. The fourth-order valence-corrected chi connectivity index (χ4v) is 10.5. The number of rotatable bonds is 10. The molecule has 5 heterocycles. The monoisotopic (exact) mass is 813 g/mol. The number of aromatic amines is 1. The van der Waals surface area contributed by atoms with Crippen molar-refractivity contribution in [2.75, 3.05) is 36.6 Å². The highest BCUT2D eigenvalue weighted by molar-refractivity contribution is 6.98. The Kier molecular flexibility index (Phi) is 6.33. The summed E-state index contributed by atoms with van der Waals surface area (Å²) < 4.78 is 157. The van der Waals surface area contributed by atoms with Gasteiger partial charge in [0.15, 0.2) is 28.8 Å². The van der Waals surface area contributed by atoms with Gasteiger partial charge < -0.3 is 30.3 Å². The van der Waals surface area contributed by atoms with Crippen molar-refractivity contribution in [3.05, 3.63) is 129 Å². The number of aromatic carboxylic acids is 1. The maximum absolute atomic E-state index is 17.5. The minimum atomic E-state index is -3.50. The zero-order valence-corrected chi connectivity index (χ0v) is 31.6. The van der Waals surface area contributed by atoms with Crippen molar-refractivity contribution in [1.82, 2.24) is 19.9 Å². The van der Waals surface area contributed by atoms with E-state index >= 15 is 13.2 Å². The van der Waals surface area contributed by atoms with Crippen LogP contribution in [0.2, 0.25) is 13.1 Å². The molecule has 4 aliphatic rings. The number of carbonyl (C=O) groups excluding carboxylic acids is 2. The number of allylic oxidation sites excluding steroid dienone is 5. The molecule has 2 saturated heterocycles. The Labute approximate surface area is 349 Å². The second-order valence-electron chi connectivity index (χ2n) is 14.2. The van der Waals surface area contributed by atoms with Gasteiger partial charge in [-0.15, -0.1) is 0 Å². The van der Waals surface area contributed by atoms with E-state index in [0.717, 1.165) is 12.1 Å². The molecule has 3 aliphatic heterocycles. The van der Waals surface area contributed by atoms with Crippen LogP contribution in [0.15, 0.2) is 77.8 Å². The summed E-state index contributed by atoms with van der Waals surface area (Å²) in [6.45, 7) is -8.34. The Morgan fingerprint density at radius 1 is 1.00 bits per heavy atom. The minimum Gasteiger partial charge on any atom is -0.545 e. The van der Waals surface area contributed by atoms with E-state index in [1.54, 1.807) is 37.4 Å². The zero-order chi connectivity index (χ0) is 51.2. The molecule has 2 fully saturated rings. The molecule has 0 radical (unpaired) electrons. The van der Waals surface area contributed by atoms with Crippen molar-refractivity contribution in [2.24, 2.45) is 0 Å². The van der Waals surface area contributed by atoms with E-state index in [0.29, 0.717) is 31.8 Å². The standard InChI is InChI=1S/C43H38F3N7O4Si/c1-58(2)30-19-25(52-15-3-16-52)10-12-27(30)32(28-13-11-26(20-31(28)58)53-17-4-18-53)34-35(42(55)56)38(46)37(45)33(36(34)44)29(54)14-9-23-5-7-24(8-6-23)21-57-41-39-40(49-22-48-39)50-43(47)51-41/h5-8,10-13,19-20,22H,3-4,9,14-18,21H2,1-2H3,(H3-,47,48,49,50,51,55,56)/i3D2,4D2,15D2,16D2,17D2,18D2. The van der Waals surface area contributed by atoms with Crippen molar-refractivity contribution < 1.29 is 53.6 Å². The van der Waals surface area contributed by atoms with Gasteiger partial charge in [0.25, 0.3) is 0 Å². The number of carbonyl (C=O) groups is 2. The van der Waals surface area contributed by atoms with E-state index in [-0.39, 0.29) is 57.8 Å². The average Bonchev–Trinajstić information content (AvgIpc) is 3.75. The van der Waals surface area contributed by atoms with Crippen LogP contribution in [0.4, 0.5) is 24.8 Å². The number of imidazole rings is 1. The summed E-state index contributed by atoms with van der Waals surface area (Å²) >= 11 is 0. The Bertz CT molecular complexity index is 3250. The molecule has 15 heteroatoms. The lowest BCUT2D eigenvalue weighted by Gasteiger charge is -2.40. The van der Waals surface area contributed by atoms with Gasteiger partial charge in [0.1, 0.15) is 44.5 Å². The van der Waals surface area contributed by atoms with Gasteiger partial charge >= 0.3 is 0 Å². The highest BCUT2D eigenvalue weighted by Crippen LogP contribution is 2.45. The Morgan fingerprint density at radius 2 is 1.74 bits per heavy atom. The highest BCUT2D eigenvalue weighted by atomic mass is 28.3. The lowest BCUT2D eigenvalue weighted by molar-refractivity contribution is -0.582. The summed E-state index contributed by atoms with van der Waals surface area (Å²) in [4.78, 5) is 42.4. The van der Waals surface area contributed by atoms with Gasteiger partial charge in [-0.2, -0.15) is 9.97 Å². The van der Waals surface area contributed by atoms with Crippen LogP contribution in [0.3, 0.4) is 0 Å². The molecular weight excluding hydrogens is 764 g/mol. The number of hydrogen-bond acceptors (Lipinski definition) is 9. The third-order valence-corrected chi connectivity index (χ3v) is 14.0. The number of nitrogen functional groups attached to an aromatic ring is 1. The fourth-order valence-electron chi connectivity index (χ4n) is 7.45. The molecule has 58 heavy (non-hydrogen) atoms. The number of aromatic nitrogens is 4. The molecule has 0 saturated carbocycles. The van der Waals surface area contributed by atoms with Crippen molar-refractivity contribution in [3.8, 4) is 5.88 Å². The van der Waals surface area contributed by atoms with Gasteiger partial charge in [-0.05, 0) is 69.2 Å². The van der Waals surface area contributed by atoms with Crippen LogP contribution in [0.25, 0.3) is 16.7 Å². The highest BCUT2D eigenvalue weighted by Gasteiger charge is 2.43. The number of halogens is 3. The number of benzene rings is 3. The van der Waals surface area contributed by atoms with E-state index in [9.17, 15) is 14.7 Å². The number of nitrogens with zero attached hydrogens (tertiary/aromatic N) is 5. The van der Waals surface area contributed by atoms with Crippen LogP contribution in [-0.4, -0.2) is 76.0 Å². The molecule has 0 unspecified atom stereocenters. The first kappa shape index (κ1) is 25.8. The number of H-pyrrole nitrogens is 1. The number of aryl methyl sites for hydroxylation is 1. The van der Waals surface area contributed by atoms with Gasteiger partial charge in [0.2, 0.25) is 11.8 Å². The summed E-state index contributed by atoms with van der Waals surface area (Å²) in [5.74, 6) is -9.60. The van der Waals surface area contributed by atoms with Crippen LogP contribution < -0.4 is 25.7 Å². The van der Waals surface area contributed by atoms with Gasteiger partial charge in [-0.1, -0.05) is 43.4 Å². The number of Topliss-reactive ketones (excluding diaryl/α,β-unsaturated/α-hetero) is 1. The molecule has 2 aromatic heterocycles. The Hall–Kier alpha value is -6.35. The summed E-state index contributed by atoms with van der Waals surface area (Å²) in [5.41, 5.74) is 2.44. The fraction of sp³-hybridized carbons (Fsp3) is 0.256.